The topological polar surface area (TPSA) is 209 Å². The Bertz CT molecular complexity index is 999. The van der Waals surface area contributed by atoms with Crippen LogP contribution in [0.5, 0.6) is 0 Å². The molecule has 1 heterocycles. The Hall–Kier alpha value is -3.39. The molecule has 35 heavy (non-hydrogen) atoms. The maximum atomic E-state index is 12.9. The molecule has 8 N–H and O–H groups in total. The summed E-state index contributed by atoms with van der Waals surface area (Å²) in [6.07, 6.45) is 2.96. The van der Waals surface area contributed by atoms with Gasteiger partial charge in [0.05, 0.1) is 11.4 Å². The van der Waals surface area contributed by atoms with E-state index in [2.05, 4.69) is 20.9 Å². The van der Waals surface area contributed by atoms with Gasteiger partial charge in [-0.05, 0) is 44.2 Å². The first kappa shape index (κ1) is 27.9. The van der Waals surface area contributed by atoms with E-state index in [-0.39, 0.29) is 30.4 Å². The summed E-state index contributed by atoms with van der Waals surface area (Å²) in [4.78, 5) is 40.3. The molecule has 0 aromatic heterocycles. The monoisotopic (exact) mass is 511 g/mol. The standard InChI is InChI=1S/C21H33N7O6S/c22-20(23)24-11-5-2-6-12-25-21(32)26-14-16(19(30)31)27-18(29)17-10-7-13-28(17)35(33,34)15-8-3-1-4-9-15/h1,3-4,8-9,16-17H,2,5-7,10-14H2,(H,27,29)(H,30,31)(H4,22,23,24)(H2,25,26,32)/t16-,17-/m0/s1. The number of nitrogens with one attached hydrogen (secondary N) is 3. The molecule has 0 unspecified atom stereocenters. The molecule has 194 valence electrons. The smallest absolute Gasteiger partial charge is 0.328 e. The lowest BCUT2D eigenvalue weighted by Crippen LogP contribution is -2.54. The molecule has 2 rings (SSSR count). The Balaban J connectivity index is 1.83. The second kappa shape index (κ2) is 13.5. The number of amides is 3. The van der Waals surface area contributed by atoms with Crippen LogP contribution in [0.15, 0.2) is 40.2 Å². The van der Waals surface area contributed by atoms with Crippen molar-refractivity contribution in [2.75, 3.05) is 26.2 Å². The number of urea groups is 1. The second-order valence-corrected chi connectivity index (χ2v) is 9.88. The number of carbonyl (C=O) groups excluding carboxylic acids is 2. The average Bonchev–Trinajstić information content (AvgIpc) is 3.32. The number of carbonyl (C=O) groups is 3. The van der Waals surface area contributed by atoms with Crippen molar-refractivity contribution in [2.24, 2.45) is 16.5 Å². The van der Waals surface area contributed by atoms with E-state index >= 15 is 0 Å². The Morgan fingerprint density at radius 1 is 1.11 bits per heavy atom. The zero-order chi connectivity index (χ0) is 25.8. The molecular formula is C21H33N7O6S. The van der Waals surface area contributed by atoms with Crippen molar-refractivity contribution in [3.63, 3.8) is 0 Å². The highest BCUT2D eigenvalue weighted by Gasteiger charge is 2.40. The number of nitrogens with zero attached hydrogens (tertiary/aromatic N) is 2. The third-order valence-corrected chi connectivity index (χ3v) is 7.27. The number of carboxylic acid groups (broad SMARTS) is 1. The van der Waals surface area contributed by atoms with E-state index in [1.54, 1.807) is 18.2 Å². The van der Waals surface area contributed by atoms with Gasteiger partial charge in [-0.2, -0.15) is 4.31 Å². The third kappa shape index (κ3) is 8.72. The molecule has 0 bridgehead atoms. The Morgan fingerprint density at radius 3 is 2.49 bits per heavy atom. The molecule has 2 atom stereocenters. The summed E-state index contributed by atoms with van der Waals surface area (Å²) in [6.45, 7) is 0.654. The molecule has 1 aromatic carbocycles. The van der Waals surface area contributed by atoms with Gasteiger partial charge in [0.15, 0.2) is 5.96 Å². The van der Waals surface area contributed by atoms with Crippen LogP contribution in [0.2, 0.25) is 0 Å². The molecule has 0 saturated carbocycles. The maximum absolute atomic E-state index is 12.9. The number of hydrogen-bond acceptors (Lipinski definition) is 6. The average molecular weight is 512 g/mol. The first-order valence-corrected chi connectivity index (χ1v) is 12.7. The van der Waals surface area contributed by atoms with Gasteiger partial charge < -0.3 is 32.5 Å². The van der Waals surface area contributed by atoms with E-state index < -0.39 is 40.0 Å². The van der Waals surface area contributed by atoms with E-state index in [9.17, 15) is 27.9 Å². The summed E-state index contributed by atoms with van der Waals surface area (Å²) in [7, 11) is -3.91. The van der Waals surface area contributed by atoms with Gasteiger partial charge in [-0.3, -0.25) is 9.79 Å². The Morgan fingerprint density at radius 2 is 1.83 bits per heavy atom. The van der Waals surface area contributed by atoms with Gasteiger partial charge in [0.25, 0.3) is 0 Å². The minimum Gasteiger partial charge on any atom is -0.480 e. The van der Waals surface area contributed by atoms with Crippen LogP contribution in [0.25, 0.3) is 0 Å². The van der Waals surface area contributed by atoms with Gasteiger partial charge >= 0.3 is 12.0 Å². The van der Waals surface area contributed by atoms with Crippen LogP contribution < -0.4 is 27.4 Å². The van der Waals surface area contributed by atoms with Gasteiger partial charge in [0.1, 0.15) is 12.1 Å². The lowest BCUT2D eigenvalue weighted by molar-refractivity contribution is -0.142. The summed E-state index contributed by atoms with van der Waals surface area (Å²) in [5.74, 6) is -2.05. The third-order valence-electron chi connectivity index (χ3n) is 5.35. The predicted molar refractivity (Wildman–Crippen MR) is 129 cm³/mol. The number of benzene rings is 1. The van der Waals surface area contributed by atoms with Crippen LogP contribution in [0.4, 0.5) is 4.79 Å². The predicted octanol–water partition coefficient (Wildman–Crippen LogP) is -0.848. The number of unbranched alkanes of at least 4 members (excludes halogenated alkanes) is 2. The molecule has 1 aliphatic heterocycles. The quantitative estimate of drug-likeness (QED) is 0.111. The molecule has 1 saturated heterocycles. The number of carboxylic acids is 1. The van der Waals surface area contributed by atoms with Crippen molar-refractivity contribution in [3.05, 3.63) is 30.3 Å². The van der Waals surface area contributed by atoms with E-state index in [1.807, 2.05) is 0 Å². The largest absolute Gasteiger partial charge is 0.480 e. The summed E-state index contributed by atoms with van der Waals surface area (Å²) in [5.41, 5.74) is 10.5. The molecule has 1 aliphatic rings. The number of guanidine groups is 1. The number of aliphatic imine (C=N–C) groups is 1. The van der Waals surface area contributed by atoms with Crippen LogP contribution in [0, 0.1) is 0 Å². The highest BCUT2D eigenvalue weighted by atomic mass is 32.2. The first-order valence-electron chi connectivity index (χ1n) is 11.3. The Labute approximate surface area is 204 Å². The molecule has 0 aliphatic carbocycles. The lowest BCUT2D eigenvalue weighted by Gasteiger charge is -2.25. The van der Waals surface area contributed by atoms with E-state index in [4.69, 9.17) is 11.5 Å². The van der Waals surface area contributed by atoms with Gasteiger partial charge in [-0.15, -0.1) is 0 Å². The molecule has 0 spiro atoms. The van der Waals surface area contributed by atoms with Crippen molar-refractivity contribution in [2.45, 2.75) is 49.1 Å². The zero-order valence-corrected chi connectivity index (χ0v) is 20.2. The molecule has 13 nitrogen and oxygen atoms in total. The van der Waals surface area contributed by atoms with Crippen LogP contribution in [-0.4, -0.2) is 80.0 Å². The van der Waals surface area contributed by atoms with Gasteiger partial charge in [-0.1, -0.05) is 18.2 Å². The van der Waals surface area contributed by atoms with Crippen molar-refractivity contribution in [1.82, 2.24) is 20.3 Å². The molecular weight excluding hydrogens is 478 g/mol. The number of aliphatic carboxylic acids is 1. The fourth-order valence-corrected chi connectivity index (χ4v) is 5.24. The number of rotatable bonds is 13. The number of sulfonamides is 1. The molecule has 0 radical (unpaired) electrons. The fourth-order valence-electron chi connectivity index (χ4n) is 3.57. The van der Waals surface area contributed by atoms with Crippen LogP contribution >= 0.6 is 0 Å². The van der Waals surface area contributed by atoms with Crippen molar-refractivity contribution in [1.29, 1.82) is 0 Å². The van der Waals surface area contributed by atoms with Gasteiger partial charge in [-0.25, -0.2) is 18.0 Å². The lowest BCUT2D eigenvalue weighted by atomic mass is 10.2. The van der Waals surface area contributed by atoms with E-state index in [0.717, 1.165) is 17.1 Å². The highest BCUT2D eigenvalue weighted by molar-refractivity contribution is 7.89. The van der Waals surface area contributed by atoms with Gasteiger partial charge in [0.2, 0.25) is 15.9 Å². The molecule has 1 aromatic rings. The van der Waals surface area contributed by atoms with Crippen molar-refractivity contribution in [3.8, 4) is 0 Å². The normalized spacial score (nSPS) is 16.7. The maximum Gasteiger partial charge on any atom is 0.328 e. The Kier molecular flexibility index (Phi) is 10.7. The van der Waals surface area contributed by atoms with Crippen LogP contribution in [0.3, 0.4) is 0 Å². The minimum absolute atomic E-state index is 0.0287. The summed E-state index contributed by atoms with van der Waals surface area (Å²) >= 11 is 0. The van der Waals surface area contributed by atoms with Crippen LogP contribution in [-0.2, 0) is 19.6 Å². The SMILES string of the molecule is NC(N)=NCCCCCNC(=O)NC[C@H](NC(=O)[C@@H]1CCCN1S(=O)(=O)c1ccccc1)C(=O)O. The van der Waals surface area contributed by atoms with Crippen molar-refractivity contribution >= 4 is 33.9 Å². The van der Waals surface area contributed by atoms with E-state index in [0.29, 0.717) is 25.9 Å². The number of hydrogen-bond donors (Lipinski definition) is 6. The highest BCUT2D eigenvalue weighted by Crippen LogP contribution is 2.26. The summed E-state index contributed by atoms with van der Waals surface area (Å²) in [5, 5.41) is 16.8. The zero-order valence-electron chi connectivity index (χ0n) is 19.4. The summed E-state index contributed by atoms with van der Waals surface area (Å²) < 4.78 is 27.0. The minimum atomic E-state index is -3.91. The molecule has 14 heteroatoms. The van der Waals surface area contributed by atoms with Gasteiger partial charge in [0, 0.05) is 19.6 Å². The number of nitrogens with two attached hydrogens (primary N) is 2. The molecule has 3 amide bonds. The van der Waals surface area contributed by atoms with Crippen molar-refractivity contribution < 1.29 is 27.9 Å². The second-order valence-electron chi connectivity index (χ2n) is 7.99. The fraction of sp³-hybridized carbons (Fsp3) is 0.524. The molecule has 1 fully saturated rings. The summed E-state index contributed by atoms with van der Waals surface area (Å²) in [6, 6.07) is 4.70. The van der Waals surface area contributed by atoms with Crippen LogP contribution in [0.1, 0.15) is 32.1 Å². The van der Waals surface area contributed by atoms with E-state index in [1.165, 1.54) is 12.1 Å². The first-order chi connectivity index (χ1) is 16.6.